The first-order valence-electron chi connectivity index (χ1n) is 1.02. The fourth-order valence-electron chi connectivity index (χ4n) is 0. The van der Waals surface area contributed by atoms with Crippen molar-refractivity contribution in [1.82, 2.24) is 5.32 Å². The fraction of sp³-hybridized carbons (Fsp3) is 0.500. The van der Waals surface area contributed by atoms with Gasteiger partial charge in [-0.15, -0.1) is 0 Å². The topological polar surface area (TPSA) is 29.1 Å². The summed E-state index contributed by atoms with van der Waals surface area (Å²) in [6, 6.07) is 0. The molecule has 1 N–H and O–H groups in total. The molecule has 0 aliphatic rings. The zero-order valence-corrected chi connectivity index (χ0v) is 5.49. The van der Waals surface area contributed by atoms with Gasteiger partial charge in [0.15, 0.2) is 0 Å². The Morgan fingerprint density at radius 2 is 2.00 bits per heavy atom. The van der Waals surface area contributed by atoms with Gasteiger partial charge in [0.25, 0.3) is 0 Å². The summed E-state index contributed by atoms with van der Waals surface area (Å²) in [5.41, 5.74) is 0. The molecule has 0 aromatic carbocycles. The summed E-state index contributed by atoms with van der Waals surface area (Å²) in [5, 5.41) is 2.25. The maximum Gasteiger partial charge on any atom is 0.206 e. The molecule has 1 radical (unpaired) electrons. The zero-order chi connectivity index (χ0) is 3.41. The standard InChI is InChI=1S/C2H5NO.Na/c1-3-2-4;/h2H,1H3,(H,3,4);. The van der Waals surface area contributed by atoms with E-state index in [-0.39, 0.29) is 29.6 Å². The maximum atomic E-state index is 9.06. The second-order valence-corrected chi connectivity index (χ2v) is 0.407. The summed E-state index contributed by atoms with van der Waals surface area (Å²) in [5.74, 6) is 0. The molecule has 5 heavy (non-hydrogen) atoms. The number of amides is 1. The van der Waals surface area contributed by atoms with E-state index in [1.807, 2.05) is 0 Å². The normalized spacial score (nSPS) is 4.20. The van der Waals surface area contributed by atoms with Crippen molar-refractivity contribution in [2.45, 2.75) is 0 Å². The van der Waals surface area contributed by atoms with Crippen LogP contribution in [-0.2, 0) is 4.79 Å². The molecule has 0 spiro atoms. The van der Waals surface area contributed by atoms with Gasteiger partial charge in [-0.05, 0) is 0 Å². The first kappa shape index (κ1) is 9.08. The average Bonchev–Trinajstić information content (AvgIpc) is 1.37. The van der Waals surface area contributed by atoms with Gasteiger partial charge >= 0.3 is 0 Å². The monoisotopic (exact) mass is 82.0 g/mol. The molecule has 0 bridgehead atoms. The molecule has 0 heterocycles. The third-order valence-corrected chi connectivity index (χ3v) is 0.118. The molecule has 0 unspecified atom stereocenters. The SMILES string of the molecule is CNC=O.[Na]. The van der Waals surface area contributed by atoms with Crippen LogP contribution in [0.15, 0.2) is 0 Å². The minimum absolute atomic E-state index is 0. The van der Waals surface area contributed by atoms with E-state index in [4.69, 9.17) is 4.79 Å². The van der Waals surface area contributed by atoms with Gasteiger partial charge in [0, 0.05) is 36.6 Å². The molecule has 0 rings (SSSR count). The Hall–Kier alpha value is 0.470. The number of rotatable bonds is 1. The van der Waals surface area contributed by atoms with Gasteiger partial charge in [-0.3, -0.25) is 4.79 Å². The van der Waals surface area contributed by atoms with Crippen molar-refractivity contribution in [3.8, 4) is 0 Å². The van der Waals surface area contributed by atoms with Gasteiger partial charge in [-0.1, -0.05) is 0 Å². The summed E-state index contributed by atoms with van der Waals surface area (Å²) in [6.07, 6.45) is 0.625. The smallest absolute Gasteiger partial charge is 0.206 e. The Labute approximate surface area is 53.2 Å². The predicted octanol–water partition coefficient (Wildman–Crippen LogP) is -1.02. The molecule has 0 aromatic heterocycles. The number of carbonyl (C=O) groups excluding carboxylic acids is 1. The maximum absolute atomic E-state index is 9.06. The molecule has 0 saturated carbocycles. The van der Waals surface area contributed by atoms with Crippen molar-refractivity contribution in [3.05, 3.63) is 0 Å². The van der Waals surface area contributed by atoms with Crippen LogP contribution in [0.4, 0.5) is 0 Å². The molecule has 0 aliphatic heterocycles. The van der Waals surface area contributed by atoms with Crippen LogP contribution >= 0.6 is 0 Å². The van der Waals surface area contributed by atoms with Gasteiger partial charge in [-0.2, -0.15) is 0 Å². The van der Waals surface area contributed by atoms with E-state index >= 15 is 0 Å². The molecular weight excluding hydrogens is 77.0 g/mol. The first-order chi connectivity index (χ1) is 1.91. The van der Waals surface area contributed by atoms with Crippen LogP contribution in [0.5, 0.6) is 0 Å². The van der Waals surface area contributed by atoms with E-state index in [0.717, 1.165) is 0 Å². The van der Waals surface area contributed by atoms with Crippen molar-refractivity contribution < 1.29 is 4.79 Å². The summed E-state index contributed by atoms with van der Waals surface area (Å²) in [4.78, 5) is 9.06. The molecule has 0 fully saturated rings. The van der Waals surface area contributed by atoms with E-state index in [2.05, 4.69) is 5.32 Å². The van der Waals surface area contributed by atoms with Crippen LogP contribution in [0.2, 0.25) is 0 Å². The Morgan fingerprint density at radius 3 is 2.00 bits per heavy atom. The van der Waals surface area contributed by atoms with E-state index in [9.17, 15) is 0 Å². The number of nitrogens with one attached hydrogen (secondary N) is 1. The largest absolute Gasteiger partial charge is 0.362 e. The predicted molar refractivity (Wildman–Crippen MR) is 20.9 cm³/mol. The minimum Gasteiger partial charge on any atom is -0.362 e. The number of hydrogen-bond acceptors (Lipinski definition) is 1. The summed E-state index contributed by atoms with van der Waals surface area (Å²) in [6.45, 7) is 0. The molecule has 2 nitrogen and oxygen atoms in total. The third-order valence-electron chi connectivity index (χ3n) is 0.118. The number of carbonyl (C=O) groups is 1. The van der Waals surface area contributed by atoms with Gasteiger partial charge in [0.1, 0.15) is 0 Å². The molecular formula is C2H5NNaO. The average molecular weight is 82.1 g/mol. The van der Waals surface area contributed by atoms with Crippen LogP contribution in [0, 0.1) is 0 Å². The van der Waals surface area contributed by atoms with E-state index in [0.29, 0.717) is 6.41 Å². The van der Waals surface area contributed by atoms with Crippen LogP contribution < -0.4 is 5.32 Å². The molecule has 0 atom stereocenters. The third kappa shape index (κ3) is 12.6. The van der Waals surface area contributed by atoms with E-state index in [1.54, 1.807) is 7.05 Å². The summed E-state index contributed by atoms with van der Waals surface area (Å²) >= 11 is 0. The zero-order valence-electron chi connectivity index (χ0n) is 3.49. The van der Waals surface area contributed by atoms with Gasteiger partial charge in [0.2, 0.25) is 6.41 Å². The second kappa shape index (κ2) is 8.82. The number of hydrogen-bond donors (Lipinski definition) is 1. The summed E-state index contributed by atoms with van der Waals surface area (Å²) in [7, 11) is 1.56. The van der Waals surface area contributed by atoms with Crippen LogP contribution in [-0.4, -0.2) is 43.0 Å². The van der Waals surface area contributed by atoms with Crippen LogP contribution in [0.3, 0.4) is 0 Å². The second-order valence-electron chi connectivity index (χ2n) is 0.407. The van der Waals surface area contributed by atoms with Crippen LogP contribution in [0.25, 0.3) is 0 Å². The Bertz CT molecular complexity index is 23.6. The van der Waals surface area contributed by atoms with Crippen molar-refractivity contribution in [2.75, 3.05) is 7.05 Å². The van der Waals surface area contributed by atoms with Crippen LogP contribution in [0.1, 0.15) is 0 Å². The summed E-state index contributed by atoms with van der Waals surface area (Å²) < 4.78 is 0. The van der Waals surface area contributed by atoms with Gasteiger partial charge < -0.3 is 5.32 Å². The minimum atomic E-state index is 0. The quantitative estimate of drug-likeness (QED) is 0.318. The van der Waals surface area contributed by atoms with E-state index < -0.39 is 0 Å². The molecule has 25 valence electrons. The van der Waals surface area contributed by atoms with E-state index in [1.165, 1.54) is 0 Å². The van der Waals surface area contributed by atoms with Crippen molar-refractivity contribution in [1.29, 1.82) is 0 Å². The molecule has 1 amide bonds. The van der Waals surface area contributed by atoms with Gasteiger partial charge in [-0.25, -0.2) is 0 Å². The fourth-order valence-corrected chi connectivity index (χ4v) is 0. The molecule has 0 saturated heterocycles. The molecule has 3 heteroatoms. The Morgan fingerprint density at radius 1 is 1.80 bits per heavy atom. The van der Waals surface area contributed by atoms with Crippen molar-refractivity contribution >= 4 is 36.0 Å². The Kier molecular flexibility index (Phi) is 16.0. The van der Waals surface area contributed by atoms with Gasteiger partial charge in [0.05, 0.1) is 0 Å². The molecule has 0 aliphatic carbocycles. The Balaban J connectivity index is 0. The first-order valence-corrected chi connectivity index (χ1v) is 1.02. The van der Waals surface area contributed by atoms with Crippen molar-refractivity contribution in [3.63, 3.8) is 0 Å². The van der Waals surface area contributed by atoms with Crippen molar-refractivity contribution in [2.24, 2.45) is 0 Å². The molecule has 0 aromatic rings.